The third-order valence-electron chi connectivity index (χ3n) is 2.41. The van der Waals surface area contributed by atoms with Crippen LogP contribution < -0.4 is 11.1 Å². The van der Waals surface area contributed by atoms with E-state index in [9.17, 15) is 9.59 Å². The van der Waals surface area contributed by atoms with Gasteiger partial charge in [-0.1, -0.05) is 0 Å². The van der Waals surface area contributed by atoms with Crippen molar-refractivity contribution in [2.24, 2.45) is 0 Å². The minimum Gasteiger partial charge on any atom is -0.375 e. The molecule has 0 bridgehead atoms. The summed E-state index contributed by atoms with van der Waals surface area (Å²) in [6.45, 7) is 1.98. The van der Waals surface area contributed by atoms with Crippen molar-refractivity contribution < 1.29 is 9.59 Å². The van der Waals surface area contributed by atoms with E-state index >= 15 is 0 Å². The fourth-order valence-corrected chi connectivity index (χ4v) is 2.89. The number of thiophene rings is 1. The van der Waals surface area contributed by atoms with Crippen molar-refractivity contribution >= 4 is 39.5 Å². The number of nitrogen functional groups attached to an aromatic ring is 1. The second-order valence-corrected chi connectivity index (χ2v) is 5.88. The first-order valence-corrected chi connectivity index (χ1v) is 7.34. The van der Waals surface area contributed by atoms with Gasteiger partial charge in [-0.3, -0.25) is 9.59 Å². The summed E-state index contributed by atoms with van der Waals surface area (Å²) in [5.41, 5.74) is 6.40. The number of carbonyl (C=O) groups excluding carboxylic acids is 2. The van der Waals surface area contributed by atoms with E-state index in [-0.39, 0.29) is 11.7 Å². The molecule has 2 aromatic rings. The van der Waals surface area contributed by atoms with E-state index in [1.54, 1.807) is 12.1 Å². The molecule has 0 atom stereocenters. The number of carbonyl (C=O) groups is 2. The van der Waals surface area contributed by atoms with E-state index in [4.69, 9.17) is 5.73 Å². The Kier molecular flexibility index (Phi) is 4.28. The van der Waals surface area contributed by atoms with E-state index in [0.717, 1.165) is 5.69 Å². The highest BCUT2D eigenvalue weighted by atomic mass is 32.1. The van der Waals surface area contributed by atoms with Crippen LogP contribution in [0.25, 0.3) is 0 Å². The minimum absolute atomic E-state index is 0.0259. The van der Waals surface area contributed by atoms with Gasteiger partial charge >= 0.3 is 0 Å². The Labute approximate surface area is 118 Å². The van der Waals surface area contributed by atoms with Crippen LogP contribution in [-0.2, 0) is 6.42 Å². The summed E-state index contributed by atoms with van der Waals surface area (Å²) >= 11 is 2.59. The lowest BCUT2D eigenvalue weighted by molar-refractivity contribution is 0.0957. The van der Waals surface area contributed by atoms with Crippen LogP contribution in [0.4, 0.5) is 5.13 Å². The Morgan fingerprint density at radius 2 is 2.11 bits per heavy atom. The van der Waals surface area contributed by atoms with Crippen molar-refractivity contribution in [2.45, 2.75) is 13.3 Å². The highest BCUT2D eigenvalue weighted by Crippen LogP contribution is 2.16. The number of hydrogen-bond acceptors (Lipinski definition) is 6. The molecule has 0 fully saturated rings. The Balaban J connectivity index is 1.85. The average Bonchev–Trinajstić information content (AvgIpc) is 2.98. The molecule has 0 spiro atoms. The van der Waals surface area contributed by atoms with Gasteiger partial charge < -0.3 is 11.1 Å². The minimum atomic E-state index is -0.166. The predicted octanol–water partition coefficient (Wildman–Crippen LogP) is 1.96. The monoisotopic (exact) mass is 295 g/mol. The summed E-state index contributed by atoms with van der Waals surface area (Å²) < 4.78 is 0. The molecule has 2 rings (SSSR count). The zero-order valence-corrected chi connectivity index (χ0v) is 11.9. The van der Waals surface area contributed by atoms with Crippen molar-refractivity contribution in [3.05, 3.63) is 33.0 Å². The SMILES string of the molecule is CC(=O)c1ccc(C(=O)NCCc2csc(N)n2)s1. The number of ketones is 1. The molecule has 0 aliphatic carbocycles. The Hall–Kier alpha value is -1.73. The summed E-state index contributed by atoms with van der Waals surface area (Å²) in [5, 5.41) is 5.20. The highest BCUT2D eigenvalue weighted by Gasteiger charge is 2.11. The van der Waals surface area contributed by atoms with Gasteiger partial charge in [0.2, 0.25) is 0 Å². The first-order valence-electron chi connectivity index (χ1n) is 5.65. The third-order valence-corrected chi connectivity index (χ3v) is 4.32. The molecule has 0 aliphatic rings. The van der Waals surface area contributed by atoms with Crippen molar-refractivity contribution in [1.82, 2.24) is 10.3 Å². The summed E-state index contributed by atoms with van der Waals surface area (Å²) in [5.74, 6) is -0.192. The van der Waals surface area contributed by atoms with E-state index in [0.29, 0.717) is 27.9 Å². The molecule has 0 saturated carbocycles. The maximum absolute atomic E-state index is 11.8. The molecule has 100 valence electrons. The second-order valence-electron chi connectivity index (χ2n) is 3.90. The molecule has 3 N–H and O–H groups in total. The van der Waals surface area contributed by atoms with Gasteiger partial charge in [0.25, 0.3) is 5.91 Å². The van der Waals surface area contributed by atoms with Gasteiger partial charge in [0, 0.05) is 18.3 Å². The number of nitrogens with zero attached hydrogens (tertiary/aromatic N) is 1. The molecule has 0 unspecified atom stereocenters. The standard InChI is InChI=1S/C12H13N3O2S2/c1-7(16)9-2-3-10(19-9)11(17)14-5-4-8-6-18-12(13)15-8/h2-3,6H,4-5H2,1H3,(H2,13,15)(H,14,17). The van der Waals surface area contributed by atoms with E-state index < -0.39 is 0 Å². The van der Waals surface area contributed by atoms with Crippen LogP contribution in [0.3, 0.4) is 0 Å². The normalized spacial score (nSPS) is 10.4. The van der Waals surface area contributed by atoms with Gasteiger partial charge in [0.15, 0.2) is 10.9 Å². The number of rotatable bonds is 5. The van der Waals surface area contributed by atoms with Crippen LogP contribution in [0.1, 0.15) is 32.0 Å². The van der Waals surface area contributed by atoms with E-state index in [1.807, 2.05) is 5.38 Å². The molecule has 0 aliphatic heterocycles. The first kappa shape index (κ1) is 13.7. The van der Waals surface area contributed by atoms with Gasteiger partial charge in [-0.25, -0.2) is 4.98 Å². The molecule has 2 aromatic heterocycles. The highest BCUT2D eigenvalue weighted by molar-refractivity contribution is 7.16. The lowest BCUT2D eigenvalue weighted by Gasteiger charge is -2.01. The lowest BCUT2D eigenvalue weighted by atomic mass is 10.3. The fourth-order valence-electron chi connectivity index (χ4n) is 1.48. The van der Waals surface area contributed by atoms with Crippen LogP contribution in [0.5, 0.6) is 0 Å². The Morgan fingerprint density at radius 3 is 2.68 bits per heavy atom. The summed E-state index contributed by atoms with van der Waals surface area (Å²) in [6, 6.07) is 3.33. The third kappa shape index (κ3) is 3.62. The van der Waals surface area contributed by atoms with E-state index in [1.165, 1.54) is 29.6 Å². The predicted molar refractivity (Wildman–Crippen MR) is 76.9 cm³/mol. The van der Waals surface area contributed by atoms with Gasteiger partial charge in [0.1, 0.15) is 0 Å². The zero-order chi connectivity index (χ0) is 13.8. The number of Topliss-reactive ketones (excluding diaryl/α,β-unsaturated/α-hetero) is 1. The molecule has 0 radical (unpaired) electrons. The molecular weight excluding hydrogens is 282 g/mol. The van der Waals surface area contributed by atoms with Crippen LogP contribution in [0.2, 0.25) is 0 Å². The largest absolute Gasteiger partial charge is 0.375 e. The molecule has 5 nitrogen and oxygen atoms in total. The number of nitrogens with one attached hydrogen (secondary N) is 1. The molecule has 19 heavy (non-hydrogen) atoms. The van der Waals surface area contributed by atoms with Gasteiger partial charge in [-0.15, -0.1) is 22.7 Å². The summed E-state index contributed by atoms with van der Waals surface area (Å²) in [6.07, 6.45) is 0.643. The summed E-state index contributed by atoms with van der Waals surface area (Å²) in [7, 11) is 0. The van der Waals surface area contributed by atoms with Crippen LogP contribution in [0.15, 0.2) is 17.5 Å². The number of anilines is 1. The molecule has 0 saturated heterocycles. The number of amides is 1. The first-order chi connectivity index (χ1) is 9.06. The molecule has 0 aromatic carbocycles. The van der Waals surface area contributed by atoms with Gasteiger partial charge in [-0.2, -0.15) is 0 Å². The number of hydrogen-bond donors (Lipinski definition) is 2. The van der Waals surface area contributed by atoms with Crippen LogP contribution in [-0.4, -0.2) is 23.2 Å². The van der Waals surface area contributed by atoms with Crippen molar-refractivity contribution in [3.8, 4) is 0 Å². The van der Waals surface area contributed by atoms with Crippen LogP contribution >= 0.6 is 22.7 Å². The molecular formula is C12H13N3O2S2. The van der Waals surface area contributed by atoms with E-state index in [2.05, 4.69) is 10.3 Å². The Morgan fingerprint density at radius 1 is 1.37 bits per heavy atom. The quantitative estimate of drug-likeness (QED) is 0.826. The summed E-state index contributed by atoms with van der Waals surface area (Å²) in [4.78, 5) is 28.2. The number of aromatic nitrogens is 1. The zero-order valence-electron chi connectivity index (χ0n) is 10.3. The fraction of sp³-hybridized carbons (Fsp3) is 0.250. The number of thiazole rings is 1. The van der Waals surface area contributed by atoms with Gasteiger partial charge in [-0.05, 0) is 19.1 Å². The molecule has 1 amide bonds. The molecule has 2 heterocycles. The number of nitrogens with two attached hydrogens (primary N) is 1. The maximum Gasteiger partial charge on any atom is 0.261 e. The topological polar surface area (TPSA) is 85.1 Å². The van der Waals surface area contributed by atoms with Crippen molar-refractivity contribution in [3.63, 3.8) is 0 Å². The maximum atomic E-state index is 11.8. The second kappa shape index (κ2) is 5.94. The lowest BCUT2D eigenvalue weighted by Crippen LogP contribution is -2.24. The molecule has 7 heteroatoms. The van der Waals surface area contributed by atoms with Gasteiger partial charge in [0.05, 0.1) is 15.4 Å². The van der Waals surface area contributed by atoms with Crippen molar-refractivity contribution in [1.29, 1.82) is 0 Å². The van der Waals surface area contributed by atoms with Crippen molar-refractivity contribution in [2.75, 3.05) is 12.3 Å². The average molecular weight is 295 g/mol. The van der Waals surface area contributed by atoms with Crippen LogP contribution in [0, 0.1) is 0 Å². The smallest absolute Gasteiger partial charge is 0.261 e. The Bertz CT molecular complexity index is 604.